The Morgan fingerprint density at radius 2 is 2.14 bits per heavy atom. The van der Waals surface area contributed by atoms with Crippen molar-refractivity contribution in [3.05, 3.63) is 24.3 Å². The van der Waals surface area contributed by atoms with E-state index in [0.29, 0.717) is 18.7 Å². The third-order valence-electron chi connectivity index (χ3n) is 4.07. The van der Waals surface area contributed by atoms with Crippen LogP contribution in [0.25, 0.3) is 11.4 Å². The van der Waals surface area contributed by atoms with Crippen LogP contribution in [-0.4, -0.2) is 45.4 Å². The van der Waals surface area contributed by atoms with Crippen molar-refractivity contribution in [3.63, 3.8) is 0 Å². The van der Waals surface area contributed by atoms with E-state index in [2.05, 4.69) is 15.5 Å². The van der Waals surface area contributed by atoms with Gasteiger partial charge in [-0.25, -0.2) is 9.48 Å². The Bertz CT molecular complexity index is 676. The molecular weight excluding hydrogens is 270 g/mol. The summed E-state index contributed by atoms with van der Waals surface area (Å²) in [6.45, 7) is 0. The maximum Gasteiger partial charge on any atom is 0.331 e. The van der Waals surface area contributed by atoms with Gasteiger partial charge < -0.3 is 10.0 Å². The Kier molecular flexibility index (Phi) is 3.12. The quantitative estimate of drug-likeness (QED) is 0.914. The smallest absolute Gasteiger partial charge is 0.331 e. The molecule has 7 nitrogen and oxygen atoms in total. The van der Waals surface area contributed by atoms with E-state index in [9.17, 15) is 9.90 Å². The number of carboxylic acid groups (broad SMARTS) is 1. The second-order valence-electron chi connectivity index (χ2n) is 5.55. The van der Waals surface area contributed by atoms with Crippen LogP contribution in [0.1, 0.15) is 19.3 Å². The fourth-order valence-corrected chi connectivity index (χ4v) is 2.61. The van der Waals surface area contributed by atoms with Gasteiger partial charge in [0.2, 0.25) is 0 Å². The van der Waals surface area contributed by atoms with Crippen LogP contribution < -0.4 is 4.90 Å². The van der Waals surface area contributed by atoms with E-state index in [4.69, 9.17) is 0 Å². The fraction of sp³-hybridized carbons (Fsp3) is 0.429. The number of hydrogen-bond donors (Lipinski definition) is 1. The number of hydrogen-bond acceptors (Lipinski definition) is 5. The van der Waals surface area contributed by atoms with Gasteiger partial charge >= 0.3 is 5.97 Å². The van der Waals surface area contributed by atoms with Gasteiger partial charge in [0.15, 0.2) is 11.4 Å². The Balaban J connectivity index is 2.07. The average Bonchev–Trinajstić information content (AvgIpc) is 2.86. The Morgan fingerprint density at radius 1 is 1.38 bits per heavy atom. The van der Waals surface area contributed by atoms with Crippen molar-refractivity contribution in [2.45, 2.75) is 24.8 Å². The normalized spacial score (nSPS) is 16.3. The number of carboxylic acids is 1. The highest BCUT2D eigenvalue weighted by Crippen LogP contribution is 2.41. The lowest BCUT2D eigenvalue weighted by Gasteiger charge is -2.37. The molecular formula is C14H17N5O2. The molecule has 0 bridgehead atoms. The van der Waals surface area contributed by atoms with E-state index < -0.39 is 11.5 Å². The second kappa shape index (κ2) is 4.83. The Labute approximate surface area is 122 Å². The molecule has 2 aromatic rings. The average molecular weight is 287 g/mol. The van der Waals surface area contributed by atoms with Gasteiger partial charge in [-0.05, 0) is 41.8 Å². The molecule has 0 aliphatic heterocycles. The maximum absolute atomic E-state index is 11.6. The Morgan fingerprint density at radius 3 is 2.71 bits per heavy atom. The number of anilines is 1. The van der Waals surface area contributed by atoms with Crippen molar-refractivity contribution in [1.29, 1.82) is 0 Å². The van der Waals surface area contributed by atoms with Crippen LogP contribution in [0.4, 0.5) is 5.69 Å². The molecule has 1 aromatic carbocycles. The minimum atomic E-state index is -0.993. The molecule has 21 heavy (non-hydrogen) atoms. The van der Waals surface area contributed by atoms with Crippen molar-refractivity contribution in [2.75, 3.05) is 19.0 Å². The second-order valence-corrected chi connectivity index (χ2v) is 5.55. The molecule has 0 spiro atoms. The summed E-state index contributed by atoms with van der Waals surface area (Å²) in [5.74, 6) is -0.369. The minimum Gasteiger partial charge on any atom is -0.479 e. The number of nitrogens with zero attached hydrogens (tertiary/aromatic N) is 5. The summed E-state index contributed by atoms with van der Waals surface area (Å²) in [4.78, 5) is 13.6. The van der Waals surface area contributed by atoms with E-state index in [0.717, 1.165) is 17.7 Å². The highest BCUT2D eigenvalue weighted by molar-refractivity contribution is 5.79. The van der Waals surface area contributed by atoms with Gasteiger partial charge in [0.05, 0.1) is 0 Å². The summed E-state index contributed by atoms with van der Waals surface area (Å²) in [6, 6.07) is 7.74. The highest BCUT2D eigenvalue weighted by Gasteiger charge is 2.49. The topological polar surface area (TPSA) is 84.1 Å². The fourth-order valence-electron chi connectivity index (χ4n) is 2.61. The molecule has 7 heteroatoms. The van der Waals surface area contributed by atoms with Crippen LogP contribution in [-0.2, 0) is 10.3 Å². The molecule has 1 fully saturated rings. The van der Waals surface area contributed by atoms with E-state index in [1.807, 2.05) is 43.3 Å². The molecule has 0 unspecified atom stereocenters. The monoisotopic (exact) mass is 287 g/mol. The van der Waals surface area contributed by atoms with Crippen LogP contribution in [0.15, 0.2) is 24.3 Å². The number of rotatable bonds is 4. The van der Waals surface area contributed by atoms with Gasteiger partial charge in [0.25, 0.3) is 0 Å². The lowest BCUT2D eigenvalue weighted by atomic mass is 9.76. The minimum absolute atomic E-state index is 0.501. The zero-order chi connectivity index (χ0) is 15.0. The third-order valence-corrected chi connectivity index (χ3v) is 4.07. The SMILES string of the molecule is CN(C)c1cccc(-c2nnnn2C2(C(=O)O)CCC2)c1. The molecule has 0 atom stereocenters. The molecule has 1 heterocycles. The predicted octanol–water partition coefficient (Wildman–Crippen LogP) is 1.37. The van der Waals surface area contributed by atoms with Crippen LogP contribution in [0, 0.1) is 0 Å². The number of benzene rings is 1. The summed E-state index contributed by atoms with van der Waals surface area (Å²) in [7, 11) is 3.90. The largest absolute Gasteiger partial charge is 0.479 e. The van der Waals surface area contributed by atoms with E-state index in [-0.39, 0.29) is 0 Å². The Hall–Kier alpha value is -2.44. The molecule has 1 aliphatic rings. The summed E-state index contributed by atoms with van der Waals surface area (Å²) >= 11 is 0. The zero-order valence-electron chi connectivity index (χ0n) is 12.0. The first kappa shape index (κ1) is 13.5. The molecule has 1 N–H and O–H groups in total. The summed E-state index contributed by atoms with van der Waals surface area (Å²) in [5.41, 5.74) is 0.839. The van der Waals surface area contributed by atoms with Gasteiger partial charge in [-0.1, -0.05) is 12.1 Å². The molecule has 1 saturated carbocycles. The number of aliphatic carboxylic acids is 1. The lowest BCUT2D eigenvalue weighted by Crippen LogP contribution is -2.48. The molecule has 0 radical (unpaired) electrons. The number of aromatic nitrogens is 4. The van der Waals surface area contributed by atoms with Crippen molar-refractivity contribution in [1.82, 2.24) is 20.2 Å². The van der Waals surface area contributed by atoms with Crippen LogP contribution in [0.2, 0.25) is 0 Å². The standard InChI is InChI=1S/C14H17N5O2/c1-18(2)11-6-3-5-10(9-11)12-15-16-17-19(12)14(13(20)21)7-4-8-14/h3,5-6,9H,4,7-8H2,1-2H3,(H,20,21). The molecule has 1 aliphatic carbocycles. The number of tetrazole rings is 1. The zero-order valence-corrected chi connectivity index (χ0v) is 12.0. The molecule has 1 aromatic heterocycles. The number of carbonyl (C=O) groups is 1. The molecule has 110 valence electrons. The van der Waals surface area contributed by atoms with E-state index >= 15 is 0 Å². The van der Waals surface area contributed by atoms with Gasteiger partial charge in [-0.3, -0.25) is 0 Å². The van der Waals surface area contributed by atoms with Gasteiger partial charge in [0.1, 0.15) is 0 Å². The van der Waals surface area contributed by atoms with Gasteiger partial charge in [-0.15, -0.1) is 5.10 Å². The van der Waals surface area contributed by atoms with Crippen molar-refractivity contribution in [2.24, 2.45) is 0 Å². The van der Waals surface area contributed by atoms with Gasteiger partial charge in [0, 0.05) is 25.3 Å². The maximum atomic E-state index is 11.6. The van der Waals surface area contributed by atoms with Crippen LogP contribution in [0.3, 0.4) is 0 Å². The summed E-state index contributed by atoms with van der Waals surface area (Å²) in [5, 5.41) is 21.2. The summed E-state index contributed by atoms with van der Waals surface area (Å²) in [6.07, 6.45) is 2.00. The molecule has 0 amide bonds. The van der Waals surface area contributed by atoms with Gasteiger partial charge in [-0.2, -0.15) is 0 Å². The van der Waals surface area contributed by atoms with Crippen LogP contribution >= 0.6 is 0 Å². The van der Waals surface area contributed by atoms with Crippen molar-refractivity contribution < 1.29 is 9.90 Å². The van der Waals surface area contributed by atoms with Crippen molar-refractivity contribution >= 4 is 11.7 Å². The first-order valence-corrected chi connectivity index (χ1v) is 6.85. The first-order chi connectivity index (χ1) is 10.0. The lowest BCUT2D eigenvalue weighted by molar-refractivity contribution is -0.153. The van der Waals surface area contributed by atoms with E-state index in [1.165, 1.54) is 4.68 Å². The molecule has 3 rings (SSSR count). The predicted molar refractivity (Wildman–Crippen MR) is 77.0 cm³/mol. The summed E-state index contributed by atoms with van der Waals surface area (Å²) < 4.78 is 1.47. The molecule has 0 saturated heterocycles. The van der Waals surface area contributed by atoms with Crippen LogP contribution in [0.5, 0.6) is 0 Å². The van der Waals surface area contributed by atoms with Crippen molar-refractivity contribution in [3.8, 4) is 11.4 Å². The highest BCUT2D eigenvalue weighted by atomic mass is 16.4. The first-order valence-electron chi connectivity index (χ1n) is 6.85. The van der Waals surface area contributed by atoms with E-state index in [1.54, 1.807) is 0 Å². The third kappa shape index (κ3) is 2.05.